The van der Waals surface area contributed by atoms with E-state index in [2.05, 4.69) is 16.0 Å². The minimum Gasteiger partial charge on any atom is -0.464 e. The Kier molecular flexibility index (Phi) is 5.18. The molecule has 7 rings (SSSR count). The van der Waals surface area contributed by atoms with E-state index in [1.165, 1.54) is 0 Å². The second-order valence-corrected chi connectivity index (χ2v) is 10.3. The van der Waals surface area contributed by atoms with Gasteiger partial charge < -0.3 is 18.6 Å². The van der Waals surface area contributed by atoms with E-state index in [9.17, 15) is 14.4 Å². The highest BCUT2D eigenvalue weighted by Gasteiger charge is 2.45. The maximum absolute atomic E-state index is 13.3. The molecule has 2 aromatic heterocycles. The summed E-state index contributed by atoms with van der Waals surface area (Å²) in [4.78, 5) is 41.0. The Morgan fingerprint density at radius 3 is 2.45 bits per heavy atom. The molecule has 2 aromatic carbocycles. The van der Waals surface area contributed by atoms with E-state index < -0.39 is 11.8 Å². The molecule has 38 heavy (non-hydrogen) atoms. The van der Waals surface area contributed by atoms with Gasteiger partial charge in [0.1, 0.15) is 5.58 Å². The standard InChI is InChI=1S/C30H27N3O5/c1-2-37-30(36)33-18-10-11-19(33)15-20(14-18)32-16-23(21-7-3-4-9-24(21)32)26-25(28(34)31-29(26)35)22-8-5-6-17-12-13-38-27(17)22/h3-9,12-13,16,18-20H,2,10-11,14-15H2,1H3,(H,31,34,35). The molecule has 5 heterocycles. The molecule has 2 saturated heterocycles. The number of hydrogen-bond acceptors (Lipinski definition) is 5. The number of piperidine rings is 1. The van der Waals surface area contributed by atoms with Gasteiger partial charge in [-0.05, 0) is 44.7 Å². The minimum absolute atomic E-state index is 0.130. The molecule has 0 radical (unpaired) electrons. The van der Waals surface area contributed by atoms with E-state index in [0.717, 1.165) is 47.5 Å². The summed E-state index contributed by atoms with van der Waals surface area (Å²) < 4.78 is 13.3. The van der Waals surface area contributed by atoms with Gasteiger partial charge in [0.2, 0.25) is 0 Å². The first-order chi connectivity index (χ1) is 18.5. The molecule has 2 unspecified atom stereocenters. The second-order valence-electron chi connectivity index (χ2n) is 10.3. The van der Waals surface area contributed by atoms with Crippen molar-refractivity contribution in [2.24, 2.45) is 0 Å². The summed E-state index contributed by atoms with van der Waals surface area (Å²) in [5.74, 6) is -0.833. The molecule has 8 nitrogen and oxygen atoms in total. The number of fused-ring (bicyclic) bond motifs is 4. The molecule has 0 spiro atoms. The Labute approximate surface area is 218 Å². The third-order valence-electron chi connectivity index (χ3n) is 8.27. The van der Waals surface area contributed by atoms with E-state index in [1.807, 2.05) is 60.5 Å². The number of aromatic nitrogens is 1. The van der Waals surface area contributed by atoms with Crippen LogP contribution in [0.4, 0.5) is 4.79 Å². The van der Waals surface area contributed by atoms with Crippen molar-refractivity contribution in [1.29, 1.82) is 0 Å². The number of ether oxygens (including phenoxy) is 1. The molecule has 8 heteroatoms. The number of rotatable bonds is 4. The summed E-state index contributed by atoms with van der Waals surface area (Å²) in [5, 5.41) is 4.30. The molecule has 4 aromatic rings. The molecule has 0 aliphatic carbocycles. The van der Waals surface area contributed by atoms with Gasteiger partial charge in [-0.15, -0.1) is 0 Å². The molecule has 1 N–H and O–H groups in total. The number of para-hydroxylation sites is 2. The quantitative estimate of drug-likeness (QED) is 0.378. The van der Waals surface area contributed by atoms with Crippen molar-refractivity contribution in [2.75, 3.05) is 6.61 Å². The average Bonchev–Trinajstić information content (AvgIpc) is 3.66. The summed E-state index contributed by atoms with van der Waals surface area (Å²) in [5.41, 5.74) is 3.60. The monoisotopic (exact) mass is 509 g/mol. The fraction of sp³-hybridized carbons (Fsp3) is 0.300. The maximum Gasteiger partial charge on any atom is 0.410 e. The van der Waals surface area contributed by atoms with Crippen molar-refractivity contribution < 1.29 is 23.5 Å². The molecule has 2 bridgehead atoms. The number of nitrogens with zero attached hydrogens (tertiary/aromatic N) is 2. The van der Waals surface area contributed by atoms with E-state index in [0.29, 0.717) is 28.9 Å². The van der Waals surface area contributed by atoms with Gasteiger partial charge in [0.25, 0.3) is 11.8 Å². The summed E-state index contributed by atoms with van der Waals surface area (Å²) in [6.07, 6.45) is 6.94. The van der Waals surface area contributed by atoms with Gasteiger partial charge in [-0.3, -0.25) is 14.9 Å². The average molecular weight is 510 g/mol. The SMILES string of the molecule is CCOC(=O)N1C2CCC1CC(n1cc(C3=C(c4cccc5ccoc45)C(=O)NC3=O)c3ccccc31)C2. The number of amides is 3. The van der Waals surface area contributed by atoms with Crippen molar-refractivity contribution in [3.63, 3.8) is 0 Å². The van der Waals surface area contributed by atoms with Crippen molar-refractivity contribution in [1.82, 2.24) is 14.8 Å². The lowest BCUT2D eigenvalue weighted by Crippen LogP contribution is -2.47. The zero-order chi connectivity index (χ0) is 26.0. The van der Waals surface area contributed by atoms with Crippen LogP contribution in [0, 0.1) is 0 Å². The van der Waals surface area contributed by atoms with Crippen LogP contribution >= 0.6 is 0 Å². The zero-order valence-corrected chi connectivity index (χ0v) is 21.0. The highest BCUT2D eigenvalue weighted by molar-refractivity contribution is 6.50. The first kappa shape index (κ1) is 22.8. The molecule has 3 aliphatic rings. The third-order valence-corrected chi connectivity index (χ3v) is 8.27. The van der Waals surface area contributed by atoms with Crippen LogP contribution in [0.2, 0.25) is 0 Å². The number of imide groups is 1. The van der Waals surface area contributed by atoms with Crippen LogP contribution in [0.25, 0.3) is 33.0 Å². The van der Waals surface area contributed by atoms with E-state index in [-0.39, 0.29) is 24.2 Å². The number of hydrogen-bond donors (Lipinski definition) is 1. The lowest BCUT2D eigenvalue weighted by atomic mass is 9.95. The van der Waals surface area contributed by atoms with Crippen molar-refractivity contribution in [3.05, 3.63) is 72.1 Å². The molecule has 3 amide bonds. The Morgan fingerprint density at radius 2 is 1.68 bits per heavy atom. The van der Waals surface area contributed by atoms with Gasteiger partial charge in [0.05, 0.1) is 24.0 Å². The van der Waals surface area contributed by atoms with Gasteiger partial charge in [-0.25, -0.2) is 4.79 Å². The van der Waals surface area contributed by atoms with Gasteiger partial charge in [-0.2, -0.15) is 0 Å². The smallest absolute Gasteiger partial charge is 0.410 e. The fourth-order valence-electron chi connectivity index (χ4n) is 6.74. The van der Waals surface area contributed by atoms with Gasteiger partial charge in [0, 0.05) is 51.7 Å². The Hall–Kier alpha value is -4.33. The third kappa shape index (κ3) is 3.32. The van der Waals surface area contributed by atoms with E-state index >= 15 is 0 Å². The Bertz CT molecular complexity index is 1650. The zero-order valence-electron chi connectivity index (χ0n) is 21.0. The van der Waals surface area contributed by atoms with Crippen LogP contribution < -0.4 is 5.32 Å². The summed E-state index contributed by atoms with van der Waals surface area (Å²) in [6, 6.07) is 15.9. The maximum atomic E-state index is 13.3. The molecule has 192 valence electrons. The molecular weight excluding hydrogens is 482 g/mol. The van der Waals surface area contributed by atoms with Gasteiger partial charge in [-0.1, -0.05) is 36.4 Å². The highest BCUT2D eigenvalue weighted by atomic mass is 16.6. The molecule has 2 fully saturated rings. The highest BCUT2D eigenvalue weighted by Crippen LogP contribution is 2.44. The van der Waals surface area contributed by atoms with Crippen molar-refractivity contribution >= 4 is 50.9 Å². The van der Waals surface area contributed by atoms with Crippen LogP contribution in [-0.4, -0.2) is 46.1 Å². The number of carbonyl (C=O) groups excluding carboxylic acids is 3. The van der Waals surface area contributed by atoms with Crippen LogP contribution in [0.3, 0.4) is 0 Å². The normalized spacial score (nSPS) is 23.1. The van der Waals surface area contributed by atoms with E-state index in [1.54, 1.807) is 6.26 Å². The number of carbonyl (C=O) groups is 3. The number of nitrogens with one attached hydrogen (secondary N) is 1. The van der Waals surface area contributed by atoms with Crippen molar-refractivity contribution in [3.8, 4) is 0 Å². The summed E-state index contributed by atoms with van der Waals surface area (Å²) >= 11 is 0. The van der Waals surface area contributed by atoms with Crippen LogP contribution in [0.15, 0.2) is 65.4 Å². The molecule has 3 aliphatic heterocycles. The minimum atomic E-state index is -0.425. The first-order valence-electron chi connectivity index (χ1n) is 13.2. The van der Waals surface area contributed by atoms with E-state index in [4.69, 9.17) is 9.15 Å². The van der Waals surface area contributed by atoms with Crippen LogP contribution in [-0.2, 0) is 14.3 Å². The second kappa shape index (κ2) is 8.62. The van der Waals surface area contributed by atoms with Crippen LogP contribution in [0.1, 0.15) is 49.8 Å². The Morgan fingerprint density at radius 1 is 0.947 bits per heavy atom. The molecular formula is C30H27N3O5. The van der Waals surface area contributed by atoms with Gasteiger partial charge in [0.15, 0.2) is 0 Å². The summed E-state index contributed by atoms with van der Waals surface area (Å²) in [6.45, 7) is 2.20. The van der Waals surface area contributed by atoms with Crippen molar-refractivity contribution in [2.45, 2.75) is 50.7 Å². The predicted molar refractivity (Wildman–Crippen MR) is 142 cm³/mol. The number of benzene rings is 2. The lowest BCUT2D eigenvalue weighted by Gasteiger charge is -2.38. The Balaban J connectivity index is 1.36. The number of furan rings is 1. The topological polar surface area (TPSA) is 93.8 Å². The molecule has 0 saturated carbocycles. The lowest BCUT2D eigenvalue weighted by molar-refractivity contribution is -0.122. The largest absolute Gasteiger partial charge is 0.464 e. The summed E-state index contributed by atoms with van der Waals surface area (Å²) in [7, 11) is 0. The van der Waals surface area contributed by atoms with Crippen LogP contribution in [0.5, 0.6) is 0 Å². The molecule has 2 atom stereocenters. The van der Waals surface area contributed by atoms with Gasteiger partial charge >= 0.3 is 6.09 Å². The predicted octanol–water partition coefficient (Wildman–Crippen LogP) is 5.28. The first-order valence-corrected chi connectivity index (χ1v) is 13.2. The fourth-order valence-corrected chi connectivity index (χ4v) is 6.74.